The summed E-state index contributed by atoms with van der Waals surface area (Å²) in [6.07, 6.45) is 2.48. The van der Waals surface area contributed by atoms with Gasteiger partial charge in [-0.2, -0.15) is 0 Å². The number of amides is 1. The smallest absolute Gasteiger partial charge is 0.253 e. The highest BCUT2D eigenvalue weighted by molar-refractivity contribution is 7.88. The van der Waals surface area contributed by atoms with E-state index < -0.39 is 10.0 Å². The Balaban J connectivity index is 1.92. The Labute approximate surface area is 113 Å². The molecule has 19 heavy (non-hydrogen) atoms. The van der Waals surface area contributed by atoms with E-state index in [-0.39, 0.29) is 11.9 Å². The maximum Gasteiger partial charge on any atom is 0.253 e. The average molecular weight is 282 g/mol. The number of sulfonamides is 1. The molecular weight excluding hydrogens is 264 g/mol. The summed E-state index contributed by atoms with van der Waals surface area (Å²) in [5.74, 6) is 0.0124. The fraction of sp³-hybridized carbons (Fsp3) is 0.462. The highest BCUT2D eigenvalue weighted by Gasteiger charge is 2.24. The summed E-state index contributed by atoms with van der Waals surface area (Å²) in [5, 5.41) is 0. The van der Waals surface area contributed by atoms with Gasteiger partial charge in [-0.1, -0.05) is 18.2 Å². The van der Waals surface area contributed by atoms with Crippen molar-refractivity contribution in [2.24, 2.45) is 0 Å². The Bertz CT molecular complexity index is 534. The van der Waals surface area contributed by atoms with Crippen molar-refractivity contribution in [1.29, 1.82) is 0 Å². The minimum absolute atomic E-state index is 0.0124. The first kappa shape index (κ1) is 14.0. The normalized spacial score (nSPS) is 17.4. The second-order valence-corrected chi connectivity index (χ2v) is 6.60. The zero-order valence-corrected chi connectivity index (χ0v) is 11.7. The molecule has 0 saturated carbocycles. The molecule has 104 valence electrons. The Hall–Kier alpha value is -1.40. The van der Waals surface area contributed by atoms with Crippen molar-refractivity contribution >= 4 is 15.9 Å². The largest absolute Gasteiger partial charge is 0.339 e. The van der Waals surface area contributed by atoms with Crippen LogP contribution >= 0.6 is 0 Å². The summed E-state index contributed by atoms with van der Waals surface area (Å²) in [5.41, 5.74) is 0.678. The zero-order valence-electron chi connectivity index (χ0n) is 10.9. The van der Waals surface area contributed by atoms with E-state index in [9.17, 15) is 13.2 Å². The Morgan fingerprint density at radius 1 is 1.21 bits per heavy atom. The molecule has 1 heterocycles. The maximum atomic E-state index is 12.2. The van der Waals surface area contributed by atoms with Crippen LogP contribution in [0.15, 0.2) is 30.3 Å². The van der Waals surface area contributed by atoms with Gasteiger partial charge in [0.1, 0.15) is 0 Å². The molecule has 0 atom stereocenters. The van der Waals surface area contributed by atoms with Gasteiger partial charge in [0.05, 0.1) is 6.26 Å². The van der Waals surface area contributed by atoms with Crippen LogP contribution in [0.1, 0.15) is 23.2 Å². The number of hydrogen-bond donors (Lipinski definition) is 1. The second-order valence-electron chi connectivity index (χ2n) is 4.82. The van der Waals surface area contributed by atoms with Gasteiger partial charge in [0.25, 0.3) is 5.91 Å². The SMILES string of the molecule is CS(=O)(=O)NC1CCN(C(=O)c2ccccc2)CC1. The topological polar surface area (TPSA) is 66.5 Å². The predicted octanol–water partition coefficient (Wildman–Crippen LogP) is 0.840. The molecule has 1 aromatic carbocycles. The number of carbonyl (C=O) groups excluding carboxylic acids is 1. The molecule has 2 rings (SSSR count). The fourth-order valence-electron chi connectivity index (χ4n) is 2.27. The van der Waals surface area contributed by atoms with E-state index in [4.69, 9.17) is 0 Å². The molecule has 1 aromatic rings. The first-order chi connectivity index (χ1) is 8.96. The molecule has 1 fully saturated rings. The first-order valence-electron chi connectivity index (χ1n) is 6.27. The number of likely N-dealkylation sites (tertiary alicyclic amines) is 1. The molecule has 0 aliphatic carbocycles. The fourth-order valence-corrected chi connectivity index (χ4v) is 3.11. The highest BCUT2D eigenvalue weighted by atomic mass is 32.2. The summed E-state index contributed by atoms with van der Waals surface area (Å²) < 4.78 is 24.9. The van der Waals surface area contributed by atoms with Crippen LogP contribution in [0.25, 0.3) is 0 Å². The van der Waals surface area contributed by atoms with Crippen molar-refractivity contribution in [1.82, 2.24) is 9.62 Å². The summed E-state index contributed by atoms with van der Waals surface area (Å²) in [6.45, 7) is 1.17. The third kappa shape index (κ3) is 4.04. The minimum atomic E-state index is -3.17. The quantitative estimate of drug-likeness (QED) is 0.893. The van der Waals surface area contributed by atoms with Gasteiger partial charge in [0.2, 0.25) is 10.0 Å². The van der Waals surface area contributed by atoms with Gasteiger partial charge >= 0.3 is 0 Å². The molecule has 0 aromatic heterocycles. The van der Waals surface area contributed by atoms with Crippen molar-refractivity contribution in [3.63, 3.8) is 0 Å². The lowest BCUT2D eigenvalue weighted by molar-refractivity contribution is 0.0711. The molecule has 1 saturated heterocycles. The maximum absolute atomic E-state index is 12.2. The van der Waals surface area contributed by atoms with Crippen LogP contribution in [0.2, 0.25) is 0 Å². The number of nitrogens with zero attached hydrogens (tertiary/aromatic N) is 1. The van der Waals surface area contributed by atoms with Crippen LogP contribution in [0.5, 0.6) is 0 Å². The number of hydrogen-bond acceptors (Lipinski definition) is 3. The van der Waals surface area contributed by atoms with Crippen LogP contribution in [0.4, 0.5) is 0 Å². The predicted molar refractivity (Wildman–Crippen MR) is 73.3 cm³/mol. The van der Waals surface area contributed by atoms with E-state index in [0.29, 0.717) is 31.5 Å². The van der Waals surface area contributed by atoms with E-state index in [0.717, 1.165) is 6.26 Å². The van der Waals surface area contributed by atoms with Crippen LogP contribution in [-0.4, -0.2) is 44.6 Å². The van der Waals surface area contributed by atoms with Crippen LogP contribution in [0, 0.1) is 0 Å². The lowest BCUT2D eigenvalue weighted by atomic mass is 10.0. The molecular formula is C13H18N2O3S. The molecule has 0 unspecified atom stereocenters. The molecule has 5 nitrogen and oxygen atoms in total. The van der Waals surface area contributed by atoms with E-state index in [1.54, 1.807) is 17.0 Å². The highest BCUT2D eigenvalue weighted by Crippen LogP contribution is 2.14. The summed E-state index contributed by atoms with van der Waals surface area (Å²) in [6, 6.07) is 9.08. The van der Waals surface area contributed by atoms with Gasteiger partial charge in [0, 0.05) is 24.7 Å². The van der Waals surface area contributed by atoms with Crippen LogP contribution in [-0.2, 0) is 10.0 Å². The van der Waals surface area contributed by atoms with E-state index in [1.807, 2.05) is 18.2 Å². The van der Waals surface area contributed by atoms with Crippen molar-refractivity contribution in [2.75, 3.05) is 19.3 Å². The molecule has 1 aliphatic rings. The molecule has 0 radical (unpaired) electrons. The third-order valence-electron chi connectivity index (χ3n) is 3.18. The Morgan fingerprint density at radius 2 is 1.79 bits per heavy atom. The second kappa shape index (κ2) is 5.71. The minimum Gasteiger partial charge on any atom is -0.339 e. The number of piperidine rings is 1. The summed E-state index contributed by atoms with van der Waals surface area (Å²) >= 11 is 0. The molecule has 1 amide bonds. The first-order valence-corrected chi connectivity index (χ1v) is 8.16. The molecule has 0 bridgehead atoms. The Kier molecular flexibility index (Phi) is 4.21. The van der Waals surface area contributed by atoms with Gasteiger partial charge in [-0.05, 0) is 25.0 Å². The van der Waals surface area contributed by atoms with Gasteiger partial charge in [-0.15, -0.1) is 0 Å². The van der Waals surface area contributed by atoms with Gasteiger partial charge < -0.3 is 4.90 Å². The van der Waals surface area contributed by atoms with E-state index in [2.05, 4.69) is 4.72 Å². The third-order valence-corrected chi connectivity index (χ3v) is 3.95. The number of rotatable bonds is 3. The van der Waals surface area contributed by atoms with E-state index in [1.165, 1.54) is 0 Å². The van der Waals surface area contributed by atoms with Crippen molar-refractivity contribution in [2.45, 2.75) is 18.9 Å². The molecule has 0 spiro atoms. The number of benzene rings is 1. The van der Waals surface area contributed by atoms with Crippen LogP contribution < -0.4 is 4.72 Å². The number of nitrogens with one attached hydrogen (secondary N) is 1. The monoisotopic (exact) mass is 282 g/mol. The van der Waals surface area contributed by atoms with Gasteiger partial charge in [0.15, 0.2) is 0 Å². The van der Waals surface area contributed by atoms with Crippen LogP contribution in [0.3, 0.4) is 0 Å². The summed E-state index contributed by atoms with van der Waals surface area (Å²) in [4.78, 5) is 14.0. The van der Waals surface area contributed by atoms with E-state index >= 15 is 0 Å². The van der Waals surface area contributed by atoms with Gasteiger partial charge in [-0.25, -0.2) is 13.1 Å². The summed E-state index contributed by atoms with van der Waals surface area (Å²) in [7, 11) is -3.17. The van der Waals surface area contributed by atoms with Gasteiger partial charge in [-0.3, -0.25) is 4.79 Å². The molecule has 1 aliphatic heterocycles. The lowest BCUT2D eigenvalue weighted by Gasteiger charge is -2.32. The van der Waals surface area contributed by atoms with Crippen molar-refractivity contribution in [3.05, 3.63) is 35.9 Å². The Morgan fingerprint density at radius 3 is 2.32 bits per heavy atom. The lowest BCUT2D eigenvalue weighted by Crippen LogP contribution is -2.46. The number of carbonyl (C=O) groups is 1. The average Bonchev–Trinajstić information content (AvgIpc) is 2.38. The van der Waals surface area contributed by atoms with Crippen molar-refractivity contribution in [3.8, 4) is 0 Å². The molecule has 6 heteroatoms. The zero-order chi connectivity index (χ0) is 13.9. The standard InChI is InChI=1S/C13H18N2O3S/c1-19(17,18)14-12-7-9-15(10-8-12)13(16)11-5-3-2-4-6-11/h2-6,12,14H,7-10H2,1H3. The van der Waals surface area contributed by atoms with Crippen molar-refractivity contribution < 1.29 is 13.2 Å². The molecule has 1 N–H and O–H groups in total.